The van der Waals surface area contributed by atoms with Crippen LogP contribution in [0.2, 0.25) is 0 Å². The Labute approximate surface area is 159 Å². The van der Waals surface area contributed by atoms with E-state index in [9.17, 15) is 8.42 Å². The molecule has 2 aromatic carbocycles. The fraction of sp³-hybridized carbons (Fsp3) is 0.300. The van der Waals surface area contributed by atoms with E-state index in [-0.39, 0.29) is 0 Å². The number of aryl methyl sites for hydroxylation is 2. The zero-order valence-corrected chi connectivity index (χ0v) is 17.1. The molecule has 0 radical (unpaired) electrons. The highest BCUT2D eigenvalue weighted by Gasteiger charge is 2.12. The number of hydrogen-bond donors (Lipinski definition) is 0. The van der Waals surface area contributed by atoms with Crippen LogP contribution in [0, 0.1) is 6.92 Å². The summed E-state index contributed by atoms with van der Waals surface area (Å²) in [7, 11) is -3.42. The highest BCUT2D eigenvalue weighted by molar-refractivity contribution is 14.1. The van der Waals surface area contributed by atoms with E-state index >= 15 is 0 Å². The molecule has 0 saturated carbocycles. The molecular weight excluding hydrogens is 431 g/mol. The van der Waals surface area contributed by atoms with Crippen molar-refractivity contribution < 1.29 is 8.42 Å². The fourth-order valence-corrected chi connectivity index (χ4v) is 4.83. The molecule has 0 heterocycles. The molecule has 0 aliphatic carbocycles. The lowest BCUT2D eigenvalue weighted by Gasteiger charge is -2.05. The molecule has 0 amide bonds. The molecule has 2 rings (SSSR count). The maximum Gasteiger partial charge on any atom is 0.200 e. The lowest BCUT2D eigenvalue weighted by Crippen LogP contribution is -1.97. The molecule has 0 aliphatic heterocycles. The van der Waals surface area contributed by atoms with Gasteiger partial charge in [0, 0.05) is 8.99 Å². The van der Waals surface area contributed by atoms with Gasteiger partial charge in [-0.25, -0.2) is 8.42 Å². The van der Waals surface area contributed by atoms with E-state index in [4.69, 9.17) is 0 Å². The second kappa shape index (κ2) is 8.81. The average Bonchev–Trinajstić information content (AvgIpc) is 2.55. The van der Waals surface area contributed by atoms with Crippen LogP contribution in [0.3, 0.4) is 0 Å². The Balaban J connectivity index is 2.16. The van der Waals surface area contributed by atoms with Crippen LogP contribution in [0.1, 0.15) is 42.9 Å². The zero-order valence-electron chi connectivity index (χ0n) is 14.1. The molecule has 128 valence electrons. The standard InChI is InChI=1S/C20H23IO2S/c1-3-4-5-6-17-9-11-18(12-10-17)20(21)15-24(22,23)19-13-7-16(2)8-14-19/h7-15H,3-6H2,1-2H3/b20-15+. The highest BCUT2D eigenvalue weighted by Crippen LogP contribution is 2.26. The smallest absolute Gasteiger partial charge is 0.200 e. The summed E-state index contributed by atoms with van der Waals surface area (Å²) < 4.78 is 25.7. The molecule has 0 unspecified atom stereocenters. The van der Waals surface area contributed by atoms with Crippen LogP contribution in [0.5, 0.6) is 0 Å². The van der Waals surface area contributed by atoms with Crippen molar-refractivity contribution in [1.29, 1.82) is 0 Å². The van der Waals surface area contributed by atoms with Gasteiger partial charge in [0.05, 0.1) is 4.90 Å². The molecule has 0 atom stereocenters. The number of hydrogen-bond acceptors (Lipinski definition) is 2. The van der Waals surface area contributed by atoms with E-state index in [0.717, 1.165) is 21.1 Å². The Hall–Kier alpha value is -1.14. The zero-order chi connectivity index (χ0) is 17.6. The summed E-state index contributed by atoms with van der Waals surface area (Å²) in [6.45, 7) is 4.14. The van der Waals surface area contributed by atoms with Gasteiger partial charge in [-0.05, 0) is 65.6 Å². The first-order valence-electron chi connectivity index (χ1n) is 8.20. The maximum absolute atomic E-state index is 12.5. The van der Waals surface area contributed by atoms with Crippen LogP contribution >= 0.6 is 22.6 Å². The van der Waals surface area contributed by atoms with Crippen molar-refractivity contribution in [3.63, 3.8) is 0 Å². The summed E-state index contributed by atoms with van der Waals surface area (Å²) in [6, 6.07) is 15.1. The van der Waals surface area contributed by atoms with E-state index in [1.165, 1.54) is 30.2 Å². The van der Waals surface area contributed by atoms with Gasteiger partial charge in [0.1, 0.15) is 0 Å². The predicted molar refractivity (Wildman–Crippen MR) is 110 cm³/mol. The normalized spacial score (nSPS) is 12.4. The van der Waals surface area contributed by atoms with E-state index in [2.05, 4.69) is 41.6 Å². The molecule has 0 aromatic heterocycles. The lowest BCUT2D eigenvalue weighted by atomic mass is 10.1. The summed E-state index contributed by atoms with van der Waals surface area (Å²) in [6.07, 6.45) is 4.74. The summed E-state index contributed by atoms with van der Waals surface area (Å²) in [5.74, 6) is 0. The molecule has 0 bridgehead atoms. The number of rotatable bonds is 7. The number of benzene rings is 2. The van der Waals surface area contributed by atoms with Crippen molar-refractivity contribution in [2.45, 2.75) is 44.4 Å². The second-order valence-corrected chi connectivity index (χ2v) is 8.94. The van der Waals surface area contributed by atoms with E-state index in [1.54, 1.807) is 12.1 Å². The van der Waals surface area contributed by atoms with E-state index in [1.807, 2.05) is 31.2 Å². The van der Waals surface area contributed by atoms with Gasteiger partial charge in [0.15, 0.2) is 0 Å². The Bertz CT molecular complexity index is 789. The molecule has 4 heteroatoms. The molecule has 0 fully saturated rings. The van der Waals surface area contributed by atoms with E-state index in [0.29, 0.717) is 4.90 Å². The minimum atomic E-state index is -3.42. The number of halogens is 1. The van der Waals surface area contributed by atoms with Crippen molar-refractivity contribution in [2.24, 2.45) is 0 Å². The Morgan fingerprint density at radius 1 is 1.00 bits per heavy atom. The predicted octanol–water partition coefficient (Wildman–Crippen LogP) is 5.94. The van der Waals surface area contributed by atoms with Crippen molar-refractivity contribution in [3.8, 4) is 0 Å². The van der Waals surface area contributed by atoms with Crippen molar-refractivity contribution in [3.05, 3.63) is 70.6 Å². The third-order valence-electron chi connectivity index (χ3n) is 3.91. The second-order valence-electron chi connectivity index (χ2n) is 5.98. The molecule has 0 aliphatic rings. The molecule has 0 spiro atoms. The van der Waals surface area contributed by atoms with Gasteiger partial charge in [0.25, 0.3) is 0 Å². The van der Waals surface area contributed by atoms with Crippen LogP contribution in [-0.4, -0.2) is 8.42 Å². The van der Waals surface area contributed by atoms with E-state index < -0.39 is 9.84 Å². The largest absolute Gasteiger partial charge is 0.219 e. The maximum atomic E-state index is 12.5. The molecular formula is C20H23IO2S. The monoisotopic (exact) mass is 454 g/mol. The van der Waals surface area contributed by atoms with Crippen LogP contribution in [0.25, 0.3) is 3.58 Å². The summed E-state index contributed by atoms with van der Waals surface area (Å²) >= 11 is 2.09. The van der Waals surface area contributed by atoms with Crippen LogP contribution in [-0.2, 0) is 16.3 Å². The molecule has 24 heavy (non-hydrogen) atoms. The van der Waals surface area contributed by atoms with Crippen molar-refractivity contribution in [1.82, 2.24) is 0 Å². The first kappa shape index (κ1) is 19.2. The van der Waals surface area contributed by atoms with Gasteiger partial charge in [-0.15, -0.1) is 0 Å². The fourth-order valence-electron chi connectivity index (χ4n) is 2.41. The van der Waals surface area contributed by atoms with Crippen LogP contribution in [0.15, 0.2) is 58.8 Å². The third kappa shape index (κ3) is 5.45. The van der Waals surface area contributed by atoms with Crippen molar-refractivity contribution >= 4 is 36.0 Å². The Kier molecular flexibility index (Phi) is 7.04. The van der Waals surface area contributed by atoms with Gasteiger partial charge < -0.3 is 0 Å². The quantitative estimate of drug-likeness (QED) is 0.384. The van der Waals surface area contributed by atoms with Gasteiger partial charge in [-0.3, -0.25) is 0 Å². The van der Waals surface area contributed by atoms with Gasteiger partial charge >= 0.3 is 0 Å². The van der Waals surface area contributed by atoms with Gasteiger partial charge in [0.2, 0.25) is 9.84 Å². The molecule has 2 nitrogen and oxygen atoms in total. The highest BCUT2D eigenvalue weighted by atomic mass is 127. The number of sulfone groups is 1. The summed E-state index contributed by atoms with van der Waals surface area (Å²) in [5, 5.41) is 1.35. The molecule has 2 aromatic rings. The summed E-state index contributed by atoms with van der Waals surface area (Å²) in [5.41, 5.74) is 3.29. The first-order valence-corrected chi connectivity index (χ1v) is 10.8. The topological polar surface area (TPSA) is 34.1 Å². The molecule has 0 N–H and O–H groups in total. The Morgan fingerprint density at radius 3 is 2.21 bits per heavy atom. The van der Waals surface area contributed by atoms with Gasteiger partial charge in [-0.2, -0.15) is 0 Å². The van der Waals surface area contributed by atoms with Crippen LogP contribution < -0.4 is 0 Å². The Morgan fingerprint density at radius 2 is 1.62 bits per heavy atom. The minimum absolute atomic E-state index is 0.332. The molecule has 0 saturated heterocycles. The lowest BCUT2D eigenvalue weighted by molar-refractivity contribution is 0.605. The van der Waals surface area contributed by atoms with Gasteiger partial charge in [-0.1, -0.05) is 61.7 Å². The van der Waals surface area contributed by atoms with Crippen LogP contribution in [0.4, 0.5) is 0 Å². The number of unbranched alkanes of at least 4 members (excludes halogenated alkanes) is 2. The summed E-state index contributed by atoms with van der Waals surface area (Å²) in [4.78, 5) is 0.332. The minimum Gasteiger partial charge on any atom is -0.219 e. The average molecular weight is 454 g/mol. The first-order chi connectivity index (χ1) is 11.4. The third-order valence-corrected chi connectivity index (χ3v) is 6.74. The SMILES string of the molecule is CCCCCc1ccc(/C(I)=C\S(=O)(=O)c2ccc(C)cc2)cc1. The van der Waals surface area contributed by atoms with Crippen molar-refractivity contribution in [2.75, 3.05) is 0 Å².